The molecule has 8 nitrogen and oxygen atoms in total. The van der Waals surface area contributed by atoms with Crippen LogP contribution in [0.5, 0.6) is 0 Å². The van der Waals surface area contributed by atoms with Crippen LogP contribution < -0.4 is 16.4 Å². The van der Waals surface area contributed by atoms with Gasteiger partial charge in [-0.05, 0) is 83.1 Å². The summed E-state index contributed by atoms with van der Waals surface area (Å²) in [5.41, 5.74) is 17.7. The topological polar surface area (TPSA) is 71.3 Å². The van der Waals surface area contributed by atoms with Gasteiger partial charge < -0.3 is 0 Å². The molecule has 0 fully saturated rings. The summed E-state index contributed by atoms with van der Waals surface area (Å²) < 4.78 is 9.80. The monoisotopic (exact) mass is 726 g/mol. The smallest absolute Gasteiger partial charge is 0.252 e. The van der Waals surface area contributed by atoms with Gasteiger partial charge in [0.05, 0.1) is 33.0 Å². The van der Waals surface area contributed by atoms with Crippen LogP contribution in [-0.4, -0.2) is 44.9 Å². The van der Waals surface area contributed by atoms with Crippen LogP contribution in [-0.2, 0) is 0 Å². The summed E-state index contributed by atoms with van der Waals surface area (Å²) in [4.78, 5) is 19.9. The zero-order valence-electron chi connectivity index (χ0n) is 30.2. The maximum Gasteiger partial charge on any atom is 0.252 e. The van der Waals surface area contributed by atoms with E-state index in [-0.39, 0.29) is 6.71 Å². The van der Waals surface area contributed by atoms with E-state index < -0.39 is 0 Å². The Hall–Kier alpha value is -7.78. The maximum atomic E-state index is 5.18. The van der Waals surface area contributed by atoms with Crippen LogP contribution in [0.4, 0.5) is 0 Å². The quantitative estimate of drug-likeness (QED) is 0.172. The van der Waals surface area contributed by atoms with Crippen molar-refractivity contribution in [3.05, 3.63) is 164 Å². The minimum Gasteiger partial charge on any atom is -0.296 e. The lowest BCUT2D eigenvalue weighted by Crippen LogP contribution is -2.59. The number of aromatic nitrogens is 8. The van der Waals surface area contributed by atoms with Crippen LogP contribution in [0.3, 0.4) is 0 Å². The van der Waals surface area contributed by atoms with Crippen molar-refractivity contribution in [2.75, 3.05) is 0 Å². The van der Waals surface area contributed by atoms with Gasteiger partial charge in [-0.3, -0.25) is 28.2 Å². The molecule has 14 rings (SSSR count). The van der Waals surface area contributed by atoms with Crippen LogP contribution in [0.2, 0.25) is 0 Å². The Morgan fingerprint density at radius 3 is 1.82 bits per heavy atom. The van der Waals surface area contributed by atoms with Crippen LogP contribution >= 0.6 is 0 Å². The second kappa shape index (κ2) is 10.5. The second-order valence-corrected chi connectivity index (χ2v) is 15.1. The van der Waals surface area contributed by atoms with E-state index in [2.05, 4.69) is 146 Å². The largest absolute Gasteiger partial charge is 0.296 e. The molecule has 5 aromatic carbocycles. The fourth-order valence-corrected chi connectivity index (χ4v) is 10.3. The molecule has 0 bridgehead atoms. The van der Waals surface area contributed by atoms with Crippen molar-refractivity contribution in [2.24, 2.45) is 0 Å². The first-order valence-corrected chi connectivity index (χ1v) is 19.3. The first-order chi connectivity index (χ1) is 28.3. The molecule has 0 N–H and O–H groups in total. The number of pyridine rings is 2. The Morgan fingerprint density at radius 1 is 0.421 bits per heavy atom. The summed E-state index contributed by atoms with van der Waals surface area (Å²) >= 11 is 0. The van der Waals surface area contributed by atoms with E-state index in [4.69, 9.17) is 19.9 Å². The van der Waals surface area contributed by atoms with E-state index in [9.17, 15) is 0 Å². The molecule has 0 saturated carbocycles. The molecule has 0 radical (unpaired) electrons. The number of fused-ring (bicyclic) bond motifs is 14. The van der Waals surface area contributed by atoms with E-state index in [0.717, 1.165) is 67.1 Å². The average molecular weight is 727 g/mol. The molecule has 0 atom stereocenters. The molecule has 2 aliphatic rings. The molecule has 0 spiro atoms. The summed E-state index contributed by atoms with van der Waals surface area (Å²) in [6.45, 7) is -0.0474. The highest BCUT2D eigenvalue weighted by Gasteiger charge is 2.43. The Kier molecular flexibility index (Phi) is 5.44. The van der Waals surface area contributed by atoms with Crippen molar-refractivity contribution in [3.63, 3.8) is 0 Å². The summed E-state index contributed by atoms with van der Waals surface area (Å²) in [6, 6.07) is 50.0. The molecule has 0 unspecified atom stereocenters. The Morgan fingerprint density at radius 2 is 1.04 bits per heavy atom. The van der Waals surface area contributed by atoms with Crippen LogP contribution in [0.25, 0.3) is 100 Å². The number of para-hydroxylation sites is 4. The van der Waals surface area contributed by atoms with Crippen molar-refractivity contribution in [1.82, 2.24) is 38.2 Å². The standard InChI is InChI=1S/C48H27BN8/c1-3-12-29(13-4-1)54-35-19-8-7-16-31(35)39-32-17-9-18-33-44(32)56(47(39)54)37-26-28(46-52-23-11-24-53-46)27-38-41(37)49(33)34-21-25-51-43-40-42-36(20-10-22-50-42)55(30-14-5-2-6-15-30)48(40)57(38)45(34)43/h1-27H. The molecular formula is C48H27BN8. The lowest BCUT2D eigenvalue weighted by Gasteiger charge is -2.34. The minimum absolute atomic E-state index is 0.0474. The molecule has 0 aliphatic carbocycles. The number of nitrogens with zero attached hydrogens (tertiary/aromatic N) is 8. The summed E-state index contributed by atoms with van der Waals surface area (Å²) in [7, 11) is 0. The summed E-state index contributed by atoms with van der Waals surface area (Å²) in [5, 5.41) is 4.76. The van der Waals surface area contributed by atoms with Crippen LogP contribution in [0.1, 0.15) is 0 Å². The van der Waals surface area contributed by atoms with Crippen molar-refractivity contribution in [1.29, 1.82) is 0 Å². The van der Waals surface area contributed by atoms with Gasteiger partial charge in [0.2, 0.25) is 0 Å². The van der Waals surface area contributed by atoms with Gasteiger partial charge >= 0.3 is 0 Å². The normalized spacial score (nSPS) is 12.9. The molecule has 2 aliphatic heterocycles. The van der Waals surface area contributed by atoms with Gasteiger partial charge in [-0.25, -0.2) is 9.97 Å². The van der Waals surface area contributed by atoms with Crippen molar-refractivity contribution < 1.29 is 0 Å². The lowest BCUT2D eigenvalue weighted by molar-refractivity contribution is 1.05. The molecule has 9 heteroatoms. The molecule has 0 amide bonds. The predicted octanol–water partition coefficient (Wildman–Crippen LogP) is 8.16. The second-order valence-electron chi connectivity index (χ2n) is 15.1. The van der Waals surface area contributed by atoms with E-state index >= 15 is 0 Å². The Bertz CT molecular complexity index is 3470. The first kappa shape index (κ1) is 29.6. The third-order valence-electron chi connectivity index (χ3n) is 12.3. The minimum atomic E-state index is -0.0474. The van der Waals surface area contributed by atoms with Crippen LogP contribution in [0, 0.1) is 0 Å². The SMILES string of the molecule is c1ccc(-n2c3ccccc3c3c4cccc5c4n(c32)-c2cc(-c3ncccn3)cc3c2B5c2ccnc4c5c6ncccc6n(-c6ccccc6)c5n-3c24)cc1. The molecule has 7 aromatic heterocycles. The highest BCUT2D eigenvalue weighted by molar-refractivity contribution is 7.00. The molecule has 9 heterocycles. The zero-order chi connectivity index (χ0) is 36.9. The van der Waals surface area contributed by atoms with E-state index in [0.29, 0.717) is 5.82 Å². The van der Waals surface area contributed by atoms with Gasteiger partial charge in [-0.15, -0.1) is 0 Å². The molecule has 57 heavy (non-hydrogen) atoms. The van der Waals surface area contributed by atoms with Gasteiger partial charge in [0.25, 0.3) is 6.71 Å². The third-order valence-corrected chi connectivity index (χ3v) is 12.3. The number of benzene rings is 5. The van der Waals surface area contributed by atoms with Gasteiger partial charge in [-0.1, -0.05) is 72.8 Å². The van der Waals surface area contributed by atoms with E-state index in [1.807, 2.05) is 36.9 Å². The van der Waals surface area contributed by atoms with Gasteiger partial charge in [0.15, 0.2) is 5.82 Å². The fraction of sp³-hybridized carbons (Fsp3) is 0. The van der Waals surface area contributed by atoms with Gasteiger partial charge in [0, 0.05) is 69.3 Å². The number of hydrogen-bond acceptors (Lipinski definition) is 4. The highest BCUT2D eigenvalue weighted by atomic mass is 15.2. The van der Waals surface area contributed by atoms with Crippen molar-refractivity contribution in [3.8, 4) is 34.1 Å². The summed E-state index contributed by atoms with van der Waals surface area (Å²) in [6.07, 6.45) is 7.54. The highest BCUT2D eigenvalue weighted by Crippen LogP contribution is 2.45. The molecule has 262 valence electrons. The Balaban J connectivity index is 1.24. The third kappa shape index (κ3) is 3.56. The van der Waals surface area contributed by atoms with Crippen molar-refractivity contribution >= 4 is 89.0 Å². The first-order valence-electron chi connectivity index (χ1n) is 19.3. The summed E-state index contributed by atoms with van der Waals surface area (Å²) in [5.74, 6) is 0.678. The fourth-order valence-electron chi connectivity index (χ4n) is 10.3. The maximum absolute atomic E-state index is 5.18. The molecule has 12 aromatic rings. The van der Waals surface area contributed by atoms with Crippen LogP contribution in [0.15, 0.2) is 164 Å². The van der Waals surface area contributed by atoms with Crippen molar-refractivity contribution in [2.45, 2.75) is 0 Å². The van der Waals surface area contributed by atoms with E-state index in [1.54, 1.807) is 0 Å². The number of hydrogen-bond donors (Lipinski definition) is 0. The number of rotatable bonds is 3. The predicted molar refractivity (Wildman–Crippen MR) is 230 cm³/mol. The zero-order valence-corrected chi connectivity index (χ0v) is 30.2. The average Bonchev–Trinajstić information content (AvgIpc) is 4.00. The lowest BCUT2D eigenvalue weighted by atomic mass is 9.34. The van der Waals surface area contributed by atoms with E-state index in [1.165, 1.54) is 43.6 Å². The molecule has 0 saturated heterocycles. The molecular weight excluding hydrogens is 699 g/mol. The Labute approximate surface area is 324 Å². The van der Waals surface area contributed by atoms with Gasteiger partial charge in [0.1, 0.15) is 16.8 Å². The van der Waals surface area contributed by atoms with Gasteiger partial charge in [-0.2, -0.15) is 0 Å².